The first-order valence-corrected chi connectivity index (χ1v) is 8.17. The molecule has 2 aromatic carbocycles. The Bertz CT molecular complexity index is 929. The molecule has 2 heterocycles. The van der Waals surface area contributed by atoms with E-state index in [2.05, 4.69) is 10.6 Å². The van der Waals surface area contributed by atoms with E-state index in [1.54, 1.807) is 6.26 Å². The van der Waals surface area contributed by atoms with Crippen molar-refractivity contribution in [1.29, 1.82) is 0 Å². The fourth-order valence-corrected chi connectivity index (χ4v) is 3.33. The molecule has 5 heteroatoms. The zero-order chi connectivity index (χ0) is 16.5. The van der Waals surface area contributed by atoms with E-state index in [4.69, 9.17) is 4.42 Å². The third kappa shape index (κ3) is 2.62. The van der Waals surface area contributed by atoms with Gasteiger partial charge in [-0.25, -0.2) is 0 Å². The summed E-state index contributed by atoms with van der Waals surface area (Å²) in [5.74, 6) is -0.259. The number of amides is 2. The summed E-state index contributed by atoms with van der Waals surface area (Å²) in [6, 6.07) is 11.5. The van der Waals surface area contributed by atoms with Crippen LogP contribution >= 0.6 is 0 Å². The van der Waals surface area contributed by atoms with Crippen molar-refractivity contribution in [1.82, 2.24) is 10.6 Å². The fraction of sp³-hybridized carbons (Fsp3) is 0.263. The number of rotatable bonds is 3. The van der Waals surface area contributed by atoms with Crippen LogP contribution in [0.25, 0.3) is 21.7 Å². The third-order valence-corrected chi connectivity index (χ3v) is 4.51. The number of furan rings is 1. The molecular formula is C19H18N2O3. The maximum atomic E-state index is 12.4. The second kappa shape index (κ2) is 6.00. The minimum atomic E-state index is -0.429. The molecule has 0 aliphatic carbocycles. The van der Waals surface area contributed by atoms with Gasteiger partial charge in [0.2, 0.25) is 11.8 Å². The lowest BCUT2D eigenvalue weighted by Gasteiger charge is -2.22. The first-order chi connectivity index (χ1) is 11.7. The molecular weight excluding hydrogens is 304 g/mol. The van der Waals surface area contributed by atoms with Crippen LogP contribution < -0.4 is 10.6 Å². The standard InChI is InChI=1S/C19H18N2O3/c22-17(21-15-6-3-9-20-19(15)23)10-13-11-24-16-8-7-12-4-1-2-5-14(12)18(13)16/h1-2,4-5,7-8,11,15H,3,6,9-10H2,(H,20,23)(H,21,22). The monoisotopic (exact) mass is 322 g/mol. The van der Waals surface area contributed by atoms with E-state index in [1.807, 2.05) is 36.4 Å². The summed E-state index contributed by atoms with van der Waals surface area (Å²) in [4.78, 5) is 24.1. The molecule has 122 valence electrons. The van der Waals surface area contributed by atoms with Gasteiger partial charge in [-0.05, 0) is 29.7 Å². The number of hydrogen-bond donors (Lipinski definition) is 2. The minimum absolute atomic E-state index is 0.0999. The topological polar surface area (TPSA) is 71.3 Å². The predicted octanol–water partition coefficient (Wildman–Crippen LogP) is 2.52. The maximum absolute atomic E-state index is 12.4. The van der Waals surface area contributed by atoms with Gasteiger partial charge in [-0.15, -0.1) is 0 Å². The van der Waals surface area contributed by atoms with Gasteiger partial charge < -0.3 is 15.1 Å². The smallest absolute Gasteiger partial charge is 0.242 e. The lowest BCUT2D eigenvalue weighted by atomic mass is 10.0. The van der Waals surface area contributed by atoms with E-state index in [9.17, 15) is 9.59 Å². The molecule has 0 bridgehead atoms. The molecule has 1 aliphatic rings. The molecule has 0 spiro atoms. The maximum Gasteiger partial charge on any atom is 0.242 e. The molecule has 24 heavy (non-hydrogen) atoms. The van der Waals surface area contributed by atoms with Gasteiger partial charge in [-0.3, -0.25) is 9.59 Å². The molecule has 0 saturated carbocycles. The third-order valence-electron chi connectivity index (χ3n) is 4.51. The van der Waals surface area contributed by atoms with Crippen LogP contribution in [0.3, 0.4) is 0 Å². The number of nitrogens with one attached hydrogen (secondary N) is 2. The Morgan fingerprint density at radius 1 is 1.25 bits per heavy atom. The van der Waals surface area contributed by atoms with Gasteiger partial charge in [0.05, 0.1) is 12.7 Å². The summed E-state index contributed by atoms with van der Waals surface area (Å²) in [7, 11) is 0. The molecule has 5 nitrogen and oxygen atoms in total. The SMILES string of the molecule is O=C(Cc1coc2ccc3ccccc3c12)NC1CCCNC1=O. The number of fused-ring (bicyclic) bond motifs is 3. The second-order valence-electron chi connectivity index (χ2n) is 6.15. The van der Waals surface area contributed by atoms with Gasteiger partial charge in [0.25, 0.3) is 0 Å². The van der Waals surface area contributed by atoms with Crippen molar-refractivity contribution in [2.75, 3.05) is 6.54 Å². The second-order valence-corrected chi connectivity index (χ2v) is 6.15. The van der Waals surface area contributed by atoms with Crippen molar-refractivity contribution in [3.8, 4) is 0 Å². The molecule has 1 atom stereocenters. The Morgan fingerprint density at radius 3 is 3.00 bits per heavy atom. The Labute approximate surface area is 139 Å². The van der Waals surface area contributed by atoms with Gasteiger partial charge in [0.1, 0.15) is 11.6 Å². The number of hydrogen-bond acceptors (Lipinski definition) is 3. The van der Waals surface area contributed by atoms with Gasteiger partial charge in [-0.1, -0.05) is 30.3 Å². The van der Waals surface area contributed by atoms with Crippen molar-refractivity contribution in [2.24, 2.45) is 0 Å². The van der Waals surface area contributed by atoms with E-state index < -0.39 is 6.04 Å². The molecule has 4 rings (SSSR count). The lowest BCUT2D eigenvalue weighted by molar-refractivity contribution is -0.129. The molecule has 1 unspecified atom stereocenters. The zero-order valence-electron chi connectivity index (χ0n) is 13.2. The zero-order valence-corrected chi connectivity index (χ0v) is 13.2. The molecule has 1 fully saturated rings. The van der Waals surface area contributed by atoms with E-state index in [-0.39, 0.29) is 18.2 Å². The molecule has 0 radical (unpaired) electrons. The summed E-state index contributed by atoms with van der Waals surface area (Å²) >= 11 is 0. The van der Waals surface area contributed by atoms with Crippen molar-refractivity contribution < 1.29 is 14.0 Å². The van der Waals surface area contributed by atoms with E-state index in [0.29, 0.717) is 13.0 Å². The first kappa shape index (κ1) is 14.8. The lowest BCUT2D eigenvalue weighted by Crippen LogP contribution is -2.50. The predicted molar refractivity (Wildman–Crippen MR) is 91.6 cm³/mol. The number of piperidine rings is 1. The average Bonchev–Trinajstić information content (AvgIpc) is 3.00. The van der Waals surface area contributed by atoms with E-state index >= 15 is 0 Å². The van der Waals surface area contributed by atoms with Crippen molar-refractivity contribution in [2.45, 2.75) is 25.3 Å². The number of benzene rings is 2. The summed E-state index contributed by atoms with van der Waals surface area (Å²) in [6.07, 6.45) is 3.41. The van der Waals surface area contributed by atoms with Gasteiger partial charge in [-0.2, -0.15) is 0 Å². The molecule has 1 aliphatic heterocycles. The van der Waals surface area contributed by atoms with Crippen LogP contribution in [0.2, 0.25) is 0 Å². The summed E-state index contributed by atoms with van der Waals surface area (Å²) in [5, 5.41) is 8.76. The molecule has 2 N–H and O–H groups in total. The normalized spacial score (nSPS) is 17.8. The van der Waals surface area contributed by atoms with Gasteiger partial charge in [0.15, 0.2) is 0 Å². The average molecular weight is 322 g/mol. The fourth-order valence-electron chi connectivity index (χ4n) is 3.33. The Morgan fingerprint density at radius 2 is 2.12 bits per heavy atom. The van der Waals surface area contributed by atoms with Crippen LogP contribution in [0, 0.1) is 0 Å². The highest BCUT2D eigenvalue weighted by Crippen LogP contribution is 2.30. The highest BCUT2D eigenvalue weighted by molar-refractivity contribution is 6.08. The quantitative estimate of drug-likeness (QED) is 0.778. The first-order valence-electron chi connectivity index (χ1n) is 8.17. The van der Waals surface area contributed by atoms with Crippen molar-refractivity contribution >= 4 is 33.6 Å². The minimum Gasteiger partial charge on any atom is -0.464 e. The Balaban J connectivity index is 1.61. The van der Waals surface area contributed by atoms with Gasteiger partial charge >= 0.3 is 0 Å². The van der Waals surface area contributed by atoms with Crippen LogP contribution in [-0.2, 0) is 16.0 Å². The summed E-state index contributed by atoms with van der Waals surface area (Å²) in [6.45, 7) is 0.684. The largest absolute Gasteiger partial charge is 0.464 e. The molecule has 1 aromatic heterocycles. The van der Waals surface area contributed by atoms with E-state index in [1.165, 1.54) is 0 Å². The number of carbonyl (C=O) groups excluding carboxylic acids is 2. The summed E-state index contributed by atoms with van der Waals surface area (Å²) < 4.78 is 5.61. The van der Waals surface area contributed by atoms with Crippen LogP contribution in [0.15, 0.2) is 47.1 Å². The van der Waals surface area contributed by atoms with Gasteiger partial charge in [0, 0.05) is 17.5 Å². The van der Waals surface area contributed by atoms with Crippen LogP contribution in [0.1, 0.15) is 18.4 Å². The summed E-state index contributed by atoms with van der Waals surface area (Å²) in [5.41, 5.74) is 1.61. The molecule has 2 amide bonds. The van der Waals surface area contributed by atoms with Crippen LogP contribution in [0.5, 0.6) is 0 Å². The molecule has 3 aromatic rings. The molecule has 1 saturated heterocycles. The highest BCUT2D eigenvalue weighted by Gasteiger charge is 2.24. The number of carbonyl (C=O) groups is 2. The van der Waals surface area contributed by atoms with Crippen LogP contribution in [-0.4, -0.2) is 24.4 Å². The van der Waals surface area contributed by atoms with Crippen molar-refractivity contribution in [3.05, 3.63) is 48.2 Å². The Kier molecular flexibility index (Phi) is 3.69. The Hall–Kier alpha value is -2.82. The van der Waals surface area contributed by atoms with Crippen molar-refractivity contribution in [3.63, 3.8) is 0 Å². The van der Waals surface area contributed by atoms with E-state index in [0.717, 1.165) is 33.7 Å². The highest BCUT2D eigenvalue weighted by atomic mass is 16.3. The van der Waals surface area contributed by atoms with Crippen LogP contribution in [0.4, 0.5) is 0 Å².